The van der Waals surface area contributed by atoms with Gasteiger partial charge in [0.2, 0.25) is 0 Å². The Bertz CT molecular complexity index is 468. The predicted octanol–water partition coefficient (Wildman–Crippen LogP) is 1.37. The van der Waals surface area contributed by atoms with Crippen molar-refractivity contribution in [2.24, 2.45) is 0 Å². The monoisotopic (exact) mass is 250 g/mol. The molecule has 6 nitrogen and oxygen atoms in total. The third-order valence-corrected chi connectivity index (χ3v) is 2.50. The van der Waals surface area contributed by atoms with E-state index in [2.05, 4.69) is 0 Å². The van der Waals surface area contributed by atoms with Crippen molar-refractivity contribution >= 4 is 11.7 Å². The molecule has 1 aromatic rings. The quantitative estimate of drug-likeness (QED) is 0.764. The Morgan fingerprint density at radius 3 is 2.28 bits per heavy atom. The number of rotatable bonds is 5. The fourth-order valence-corrected chi connectivity index (χ4v) is 1.57. The summed E-state index contributed by atoms with van der Waals surface area (Å²) < 4.78 is 10.1. The SMILES string of the molecule is COc1cc(C(C#N)CC(=O)O)cc(OC)c1N. The summed E-state index contributed by atoms with van der Waals surface area (Å²) in [5.41, 5.74) is 6.58. The maximum atomic E-state index is 10.7. The zero-order valence-electron chi connectivity index (χ0n) is 10.1. The van der Waals surface area contributed by atoms with Gasteiger partial charge in [-0.2, -0.15) is 5.26 Å². The third-order valence-electron chi connectivity index (χ3n) is 2.50. The van der Waals surface area contributed by atoms with Crippen molar-refractivity contribution in [1.82, 2.24) is 0 Å². The van der Waals surface area contributed by atoms with E-state index in [1.807, 2.05) is 6.07 Å². The van der Waals surface area contributed by atoms with Crippen molar-refractivity contribution < 1.29 is 19.4 Å². The molecule has 0 fully saturated rings. The fourth-order valence-electron chi connectivity index (χ4n) is 1.57. The Labute approximate surface area is 105 Å². The van der Waals surface area contributed by atoms with Crippen molar-refractivity contribution in [3.63, 3.8) is 0 Å². The molecular weight excluding hydrogens is 236 g/mol. The summed E-state index contributed by atoms with van der Waals surface area (Å²) in [5.74, 6) is -1.10. The first-order valence-corrected chi connectivity index (χ1v) is 5.16. The zero-order chi connectivity index (χ0) is 13.7. The molecule has 0 aliphatic heterocycles. The van der Waals surface area contributed by atoms with E-state index < -0.39 is 11.9 Å². The lowest BCUT2D eigenvalue weighted by Gasteiger charge is -2.14. The number of methoxy groups -OCH3 is 2. The van der Waals surface area contributed by atoms with Gasteiger partial charge < -0.3 is 20.3 Å². The highest BCUT2D eigenvalue weighted by Gasteiger charge is 2.19. The number of hydrogen-bond donors (Lipinski definition) is 2. The lowest BCUT2D eigenvalue weighted by Crippen LogP contribution is -2.06. The number of carboxylic acids is 1. The van der Waals surface area contributed by atoms with Gasteiger partial charge in [-0.1, -0.05) is 0 Å². The number of nitrogen functional groups attached to an aromatic ring is 1. The molecule has 3 N–H and O–H groups in total. The molecule has 1 atom stereocenters. The van der Waals surface area contributed by atoms with Gasteiger partial charge in [0.15, 0.2) is 0 Å². The zero-order valence-corrected chi connectivity index (χ0v) is 10.1. The van der Waals surface area contributed by atoms with Crippen LogP contribution in [0.25, 0.3) is 0 Å². The van der Waals surface area contributed by atoms with Crippen LogP contribution in [0.2, 0.25) is 0 Å². The molecule has 0 aromatic heterocycles. The molecule has 18 heavy (non-hydrogen) atoms. The second-order valence-corrected chi connectivity index (χ2v) is 3.62. The summed E-state index contributed by atoms with van der Waals surface area (Å²) in [5, 5.41) is 17.7. The minimum Gasteiger partial charge on any atom is -0.494 e. The van der Waals surface area contributed by atoms with Gasteiger partial charge in [-0.05, 0) is 17.7 Å². The van der Waals surface area contributed by atoms with Gasteiger partial charge in [0, 0.05) is 0 Å². The molecule has 0 radical (unpaired) electrons. The van der Waals surface area contributed by atoms with Gasteiger partial charge in [-0.15, -0.1) is 0 Å². The summed E-state index contributed by atoms with van der Waals surface area (Å²) >= 11 is 0. The lowest BCUT2D eigenvalue weighted by atomic mass is 9.96. The van der Waals surface area contributed by atoms with Crippen LogP contribution in [-0.4, -0.2) is 25.3 Å². The molecule has 1 aromatic carbocycles. The van der Waals surface area contributed by atoms with Gasteiger partial charge in [0.1, 0.15) is 17.2 Å². The van der Waals surface area contributed by atoms with Crippen LogP contribution in [-0.2, 0) is 4.79 Å². The first-order valence-electron chi connectivity index (χ1n) is 5.16. The molecule has 0 saturated carbocycles. The Morgan fingerprint density at radius 1 is 1.44 bits per heavy atom. The normalized spacial score (nSPS) is 11.4. The molecule has 0 spiro atoms. The number of benzene rings is 1. The van der Waals surface area contributed by atoms with Gasteiger partial charge in [0.25, 0.3) is 0 Å². The highest BCUT2D eigenvalue weighted by Crippen LogP contribution is 2.36. The van der Waals surface area contributed by atoms with Gasteiger partial charge in [-0.3, -0.25) is 4.79 Å². The second kappa shape index (κ2) is 5.77. The molecule has 0 heterocycles. The van der Waals surface area contributed by atoms with E-state index in [9.17, 15) is 4.79 Å². The van der Waals surface area contributed by atoms with E-state index in [0.717, 1.165) is 0 Å². The van der Waals surface area contributed by atoms with Crippen LogP contribution in [0.5, 0.6) is 11.5 Å². The Morgan fingerprint density at radius 2 is 1.94 bits per heavy atom. The summed E-state index contributed by atoms with van der Waals surface area (Å²) in [6.45, 7) is 0. The standard InChI is InChI=1S/C12H14N2O4/c1-17-9-3-7(4-10(18-2)12(9)14)8(6-13)5-11(15)16/h3-4,8H,5,14H2,1-2H3,(H,15,16). The number of nitriles is 1. The number of aliphatic carboxylic acids is 1. The number of nitrogens with two attached hydrogens (primary N) is 1. The molecule has 1 unspecified atom stereocenters. The van der Waals surface area contributed by atoms with Crippen molar-refractivity contribution in [3.05, 3.63) is 17.7 Å². The Balaban J connectivity index is 3.23. The van der Waals surface area contributed by atoms with E-state index in [-0.39, 0.29) is 6.42 Å². The highest BCUT2D eigenvalue weighted by molar-refractivity contribution is 5.70. The van der Waals surface area contributed by atoms with Gasteiger partial charge in [-0.25, -0.2) is 0 Å². The first kappa shape index (κ1) is 13.6. The largest absolute Gasteiger partial charge is 0.494 e. The molecule has 0 bridgehead atoms. The van der Waals surface area contributed by atoms with E-state index in [1.54, 1.807) is 12.1 Å². The van der Waals surface area contributed by atoms with Crippen molar-refractivity contribution in [2.75, 3.05) is 20.0 Å². The topological polar surface area (TPSA) is 106 Å². The van der Waals surface area contributed by atoms with E-state index in [0.29, 0.717) is 22.7 Å². The highest BCUT2D eigenvalue weighted by atomic mass is 16.5. The van der Waals surface area contributed by atoms with Crippen LogP contribution in [0.3, 0.4) is 0 Å². The maximum Gasteiger partial charge on any atom is 0.305 e. The Hall–Kier alpha value is -2.42. The summed E-state index contributed by atoms with van der Waals surface area (Å²) in [7, 11) is 2.88. The number of hydrogen-bond acceptors (Lipinski definition) is 5. The van der Waals surface area contributed by atoms with Crippen molar-refractivity contribution in [2.45, 2.75) is 12.3 Å². The van der Waals surface area contributed by atoms with Crippen LogP contribution >= 0.6 is 0 Å². The first-order chi connectivity index (χ1) is 8.53. The van der Waals surface area contributed by atoms with Crippen LogP contribution in [0.1, 0.15) is 17.9 Å². The summed E-state index contributed by atoms with van der Waals surface area (Å²) in [6, 6.07) is 5.04. The maximum absolute atomic E-state index is 10.7. The molecule has 96 valence electrons. The number of carbonyl (C=O) groups is 1. The molecular formula is C12H14N2O4. The van der Waals surface area contributed by atoms with E-state index >= 15 is 0 Å². The van der Waals surface area contributed by atoms with E-state index in [4.69, 9.17) is 25.6 Å². The third kappa shape index (κ3) is 2.83. The van der Waals surface area contributed by atoms with Crippen LogP contribution < -0.4 is 15.2 Å². The van der Waals surface area contributed by atoms with Gasteiger partial charge in [0.05, 0.1) is 32.6 Å². The molecule has 0 saturated heterocycles. The molecule has 0 aliphatic carbocycles. The Kier molecular flexibility index (Phi) is 4.38. The summed E-state index contributed by atoms with van der Waals surface area (Å²) in [4.78, 5) is 10.7. The van der Waals surface area contributed by atoms with Gasteiger partial charge >= 0.3 is 5.97 Å². The molecule has 6 heteroatoms. The number of nitrogens with zero attached hydrogens (tertiary/aromatic N) is 1. The number of ether oxygens (including phenoxy) is 2. The smallest absolute Gasteiger partial charge is 0.305 e. The molecule has 0 amide bonds. The summed E-state index contributed by atoms with van der Waals surface area (Å²) in [6.07, 6.45) is -0.285. The second-order valence-electron chi connectivity index (χ2n) is 3.62. The minimum absolute atomic E-state index is 0.285. The van der Waals surface area contributed by atoms with Crippen LogP contribution in [0, 0.1) is 11.3 Å². The average molecular weight is 250 g/mol. The van der Waals surface area contributed by atoms with Crippen LogP contribution in [0.4, 0.5) is 5.69 Å². The average Bonchev–Trinajstić information content (AvgIpc) is 2.36. The molecule has 1 rings (SSSR count). The van der Waals surface area contributed by atoms with E-state index in [1.165, 1.54) is 14.2 Å². The van der Waals surface area contributed by atoms with Crippen LogP contribution in [0.15, 0.2) is 12.1 Å². The van der Waals surface area contributed by atoms with Crippen molar-refractivity contribution in [3.8, 4) is 17.6 Å². The lowest BCUT2D eigenvalue weighted by molar-refractivity contribution is -0.137. The predicted molar refractivity (Wildman–Crippen MR) is 64.6 cm³/mol. The number of carboxylic acid groups (broad SMARTS) is 1. The minimum atomic E-state index is -1.05. The number of anilines is 1. The van der Waals surface area contributed by atoms with Crippen molar-refractivity contribution in [1.29, 1.82) is 5.26 Å². The molecule has 0 aliphatic rings. The fraction of sp³-hybridized carbons (Fsp3) is 0.333.